The molecule has 1 atom stereocenters. The van der Waals surface area contributed by atoms with Crippen molar-refractivity contribution in [3.8, 4) is 17.6 Å². The molecule has 27 heavy (non-hydrogen) atoms. The summed E-state index contributed by atoms with van der Waals surface area (Å²) in [5, 5.41) is 10.5. The molecule has 1 aliphatic carbocycles. The Balaban J connectivity index is 1.95. The highest BCUT2D eigenvalue weighted by Gasteiger charge is 2.32. The fraction of sp³-hybridized carbons (Fsp3) is 0.455. The van der Waals surface area contributed by atoms with Crippen molar-refractivity contribution < 1.29 is 9.47 Å². The van der Waals surface area contributed by atoms with Crippen LogP contribution in [0, 0.1) is 22.7 Å². The highest BCUT2D eigenvalue weighted by Crippen LogP contribution is 2.45. The van der Waals surface area contributed by atoms with E-state index in [-0.39, 0.29) is 5.41 Å². The Labute approximate surface area is 165 Å². The molecule has 3 rings (SSSR count). The molecule has 0 spiro atoms. The van der Waals surface area contributed by atoms with Crippen LogP contribution in [0.5, 0.6) is 11.5 Å². The zero-order valence-corrected chi connectivity index (χ0v) is 17.4. The first-order chi connectivity index (χ1) is 12.9. The van der Waals surface area contributed by atoms with Crippen molar-refractivity contribution >= 4 is 22.6 Å². The summed E-state index contributed by atoms with van der Waals surface area (Å²) in [7, 11) is 3.23. The van der Waals surface area contributed by atoms with Gasteiger partial charge in [0.05, 0.1) is 19.8 Å². The molecule has 0 N–H and O–H groups in total. The molecule has 1 heterocycles. The highest BCUT2D eigenvalue weighted by atomic mass is 32.1. The number of benzene rings is 1. The number of aliphatic imine (C=N–C) groups is 1. The van der Waals surface area contributed by atoms with Gasteiger partial charge in [0.1, 0.15) is 11.1 Å². The number of nitrogens with zero attached hydrogens (tertiary/aromatic N) is 2. The minimum atomic E-state index is 0.284. The first-order valence-electron chi connectivity index (χ1n) is 9.18. The van der Waals surface area contributed by atoms with Crippen LogP contribution in [0.25, 0.3) is 0 Å². The highest BCUT2D eigenvalue weighted by molar-refractivity contribution is 7.16. The summed E-state index contributed by atoms with van der Waals surface area (Å²) in [4.78, 5) is 5.98. The van der Waals surface area contributed by atoms with E-state index in [1.165, 1.54) is 10.4 Å². The maximum Gasteiger partial charge on any atom is 0.169 e. The average Bonchev–Trinajstić information content (AvgIpc) is 3.01. The molecule has 142 valence electrons. The minimum absolute atomic E-state index is 0.284. The van der Waals surface area contributed by atoms with Gasteiger partial charge in [-0.15, -0.1) is 11.3 Å². The van der Waals surface area contributed by atoms with Gasteiger partial charge in [0, 0.05) is 16.7 Å². The third-order valence-corrected chi connectivity index (χ3v) is 6.50. The number of fused-ring (bicyclic) bond motifs is 1. The zero-order valence-electron chi connectivity index (χ0n) is 16.6. The van der Waals surface area contributed by atoms with Crippen LogP contribution in [0.3, 0.4) is 0 Å². The van der Waals surface area contributed by atoms with E-state index in [4.69, 9.17) is 9.47 Å². The van der Waals surface area contributed by atoms with Crippen molar-refractivity contribution in [2.45, 2.75) is 40.0 Å². The van der Waals surface area contributed by atoms with Crippen LogP contribution in [0.4, 0.5) is 5.00 Å². The maximum atomic E-state index is 9.71. The van der Waals surface area contributed by atoms with Gasteiger partial charge < -0.3 is 9.47 Å². The van der Waals surface area contributed by atoms with E-state index in [9.17, 15) is 5.26 Å². The van der Waals surface area contributed by atoms with Gasteiger partial charge in [0.15, 0.2) is 11.5 Å². The monoisotopic (exact) mass is 382 g/mol. The molecule has 0 amide bonds. The van der Waals surface area contributed by atoms with Crippen molar-refractivity contribution in [2.75, 3.05) is 14.2 Å². The molecular formula is C22H26N2O2S. The van der Waals surface area contributed by atoms with Gasteiger partial charge in [0.25, 0.3) is 0 Å². The lowest BCUT2D eigenvalue weighted by atomic mass is 9.72. The van der Waals surface area contributed by atoms with Crippen LogP contribution < -0.4 is 9.47 Å². The molecule has 1 aromatic carbocycles. The van der Waals surface area contributed by atoms with E-state index in [1.807, 2.05) is 18.2 Å². The van der Waals surface area contributed by atoms with Crippen LogP contribution in [-0.2, 0) is 12.8 Å². The molecule has 0 fully saturated rings. The molecule has 0 aliphatic heterocycles. The molecule has 0 radical (unpaired) electrons. The summed E-state index contributed by atoms with van der Waals surface area (Å²) in [6.07, 6.45) is 4.90. The SMILES string of the molecule is COc1cccc(C=Nc2sc3c(c2C#N)CC[C@@H](C(C)(C)C)C3)c1OC. The molecule has 0 bridgehead atoms. The molecular weight excluding hydrogens is 356 g/mol. The van der Waals surface area contributed by atoms with E-state index in [0.29, 0.717) is 17.4 Å². The van der Waals surface area contributed by atoms with Gasteiger partial charge >= 0.3 is 0 Å². The maximum absolute atomic E-state index is 9.71. The topological polar surface area (TPSA) is 54.6 Å². The number of methoxy groups -OCH3 is 2. The molecule has 4 nitrogen and oxygen atoms in total. The Morgan fingerprint density at radius 2 is 2.04 bits per heavy atom. The number of rotatable bonds is 4. The van der Waals surface area contributed by atoms with E-state index >= 15 is 0 Å². The summed E-state index contributed by atoms with van der Waals surface area (Å²) < 4.78 is 10.8. The van der Waals surface area contributed by atoms with Gasteiger partial charge in [-0.1, -0.05) is 26.8 Å². The van der Waals surface area contributed by atoms with Crippen molar-refractivity contribution in [3.63, 3.8) is 0 Å². The van der Waals surface area contributed by atoms with Gasteiger partial charge in [-0.05, 0) is 48.3 Å². The normalized spacial score (nSPS) is 16.8. The first kappa shape index (κ1) is 19.4. The van der Waals surface area contributed by atoms with Gasteiger partial charge in [-0.2, -0.15) is 5.26 Å². The van der Waals surface area contributed by atoms with E-state index in [1.54, 1.807) is 31.8 Å². The van der Waals surface area contributed by atoms with E-state index in [0.717, 1.165) is 35.4 Å². The molecule has 0 unspecified atom stereocenters. The molecule has 0 saturated carbocycles. The lowest BCUT2D eigenvalue weighted by Crippen LogP contribution is -2.26. The third-order valence-electron chi connectivity index (χ3n) is 5.34. The Morgan fingerprint density at radius 1 is 1.26 bits per heavy atom. The number of thiophene rings is 1. The predicted octanol–water partition coefficient (Wildman–Crippen LogP) is 5.54. The third kappa shape index (κ3) is 3.86. The van der Waals surface area contributed by atoms with Gasteiger partial charge in [-0.3, -0.25) is 0 Å². The standard InChI is InChI=1S/C22H26N2O2S/c1-22(2,3)15-9-10-16-17(12-23)21(27-19(16)11-15)24-13-14-7-6-8-18(25-4)20(14)26-5/h6-8,13,15H,9-11H2,1-5H3/t15-/m1/s1. The van der Waals surface area contributed by atoms with Crippen molar-refractivity contribution in [3.05, 3.63) is 39.8 Å². The summed E-state index contributed by atoms with van der Waals surface area (Å²) in [6.45, 7) is 6.90. The molecule has 1 aromatic heterocycles. The first-order valence-corrected chi connectivity index (χ1v) is 10.00. The van der Waals surface area contributed by atoms with Crippen molar-refractivity contribution in [1.82, 2.24) is 0 Å². The number of ether oxygens (including phenoxy) is 2. The van der Waals surface area contributed by atoms with Crippen LogP contribution >= 0.6 is 11.3 Å². The molecule has 5 heteroatoms. The Bertz CT molecular complexity index is 900. The van der Waals surface area contributed by atoms with Crippen LogP contribution in [0.2, 0.25) is 0 Å². The summed E-state index contributed by atoms with van der Waals surface area (Å²) in [6, 6.07) is 8.07. The summed E-state index contributed by atoms with van der Waals surface area (Å²) >= 11 is 1.66. The lowest BCUT2D eigenvalue weighted by molar-refractivity contribution is 0.218. The fourth-order valence-electron chi connectivity index (χ4n) is 3.66. The summed E-state index contributed by atoms with van der Waals surface area (Å²) in [5.41, 5.74) is 3.05. The number of hydrogen-bond donors (Lipinski definition) is 0. The van der Waals surface area contributed by atoms with E-state index in [2.05, 4.69) is 31.8 Å². The zero-order chi connectivity index (χ0) is 19.6. The summed E-state index contributed by atoms with van der Waals surface area (Å²) in [5.74, 6) is 1.96. The molecule has 2 aromatic rings. The van der Waals surface area contributed by atoms with Crippen LogP contribution in [0.1, 0.15) is 48.8 Å². The largest absolute Gasteiger partial charge is 0.493 e. The second kappa shape index (κ2) is 7.74. The Morgan fingerprint density at radius 3 is 2.67 bits per heavy atom. The predicted molar refractivity (Wildman–Crippen MR) is 111 cm³/mol. The lowest BCUT2D eigenvalue weighted by Gasteiger charge is -2.33. The second-order valence-electron chi connectivity index (χ2n) is 7.94. The minimum Gasteiger partial charge on any atom is -0.493 e. The fourth-order valence-corrected chi connectivity index (χ4v) is 4.88. The number of nitriles is 1. The van der Waals surface area contributed by atoms with Gasteiger partial charge in [0.2, 0.25) is 0 Å². The average molecular weight is 383 g/mol. The van der Waals surface area contributed by atoms with Crippen LogP contribution in [-0.4, -0.2) is 20.4 Å². The van der Waals surface area contributed by atoms with E-state index < -0.39 is 0 Å². The molecule has 1 aliphatic rings. The second-order valence-corrected chi connectivity index (χ2v) is 9.03. The Kier molecular flexibility index (Phi) is 5.57. The number of hydrogen-bond acceptors (Lipinski definition) is 5. The van der Waals surface area contributed by atoms with Gasteiger partial charge in [-0.25, -0.2) is 4.99 Å². The molecule has 0 saturated heterocycles. The van der Waals surface area contributed by atoms with Crippen molar-refractivity contribution in [1.29, 1.82) is 5.26 Å². The van der Waals surface area contributed by atoms with Crippen molar-refractivity contribution in [2.24, 2.45) is 16.3 Å². The smallest absolute Gasteiger partial charge is 0.169 e. The quantitative estimate of drug-likeness (QED) is 0.653. The van der Waals surface area contributed by atoms with Crippen LogP contribution in [0.15, 0.2) is 23.2 Å². The Hall–Kier alpha value is -2.32. The number of para-hydroxylation sites is 1.